The minimum atomic E-state index is -0.743. The molecule has 0 spiro atoms. The molecule has 0 atom stereocenters. The normalized spacial score (nSPS) is 11.9. The van der Waals surface area contributed by atoms with Gasteiger partial charge in [-0.3, -0.25) is 4.79 Å². The minimum absolute atomic E-state index is 0.00875. The second-order valence-corrected chi connectivity index (χ2v) is 19.4. The third kappa shape index (κ3) is 14.9. The van der Waals surface area contributed by atoms with Crippen LogP contribution in [0.2, 0.25) is 0 Å². The standard InChI is InChI=1S/C33H40O3.C33H42O.CO2/c1-6-32(35,7-2)21-20-27-14-19-31(22-25(27)5)33(8-3,9-4)30-17-15-29(16-18-30)28-12-10-26(11-13-28)23-36-24-34;1-7-26-12-14-28(15-13-26)29-17-19-30(20-18-29)33(10-4,11-5)31-21-16-27(25(6)24-31)22-23-32(34,8-2)9-3;2-1-3/h10-22,24,35H,6-9,23H2,1-5H3;12-24,34H,7-11H2,1-6H3;/b21-20+;23-22+;. The van der Waals surface area contributed by atoms with E-state index >= 15 is 0 Å². The van der Waals surface area contributed by atoms with Crippen molar-refractivity contribution in [2.75, 3.05) is 0 Å². The maximum absolute atomic E-state index is 10.6. The van der Waals surface area contributed by atoms with E-state index in [2.05, 4.69) is 182 Å². The van der Waals surface area contributed by atoms with Crippen molar-refractivity contribution in [3.05, 3.63) is 201 Å². The molecule has 6 aromatic carbocycles. The summed E-state index contributed by atoms with van der Waals surface area (Å²) < 4.78 is 4.84. The second kappa shape index (κ2) is 28.1. The fourth-order valence-corrected chi connectivity index (χ4v) is 10.1. The second-order valence-electron chi connectivity index (χ2n) is 19.4. The molecule has 386 valence electrons. The molecule has 0 bridgehead atoms. The molecule has 0 saturated heterocycles. The summed E-state index contributed by atoms with van der Waals surface area (Å²) in [6, 6.07) is 48.8. The molecule has 0 fully saturated rings. The molecule has 0 amide bonds. The summed E-state index contributed by atoms with van der Waals surface area (Å²) in [6.07, 6.45) is 16.4. The first-order valence-corrected chi connectivity index (χ1v) is 26.6. The summed E-state index contributed by atoms with van der Waals surface area (Å²) in [4.78, 5) is 26.7. The van der Waals surface area contributed by atoms with Crippen LogP contribution in [0.25, 0.3) is 34.4 Å². The maximum Gasteiger partial charge on any atom is 0.373 e. The molecule has 6 heteroatoms. The van der Waals surface area contributed by atoms with E-state index in [0.717, 1.165) is 61.6 Å². The SMILES string of the molecule is CCC(O)(/C=C/c1ccc(C(CC)(CC)c2ccc(-c3ccc(COC=O)cc3)cc2)cc1C)CC.CCc1ccc(-c2ccc(C(CC)(CC)c3ccc(/C=C/C(O)(CC)CC)c(C)c3)cc2)cc1.O=C=O. The predicted molar refractivity (Wildman–Crippen MR) is 303 cm³/mol. The Labute approximate surface area is 438 Å². The van der Waals surface area contributed by atoms with E-state index in [1.165, 1.54) is 61.2 Å². The van der Waals surface area contributed by atoms with E-state index in [9.17, 15) is 15.0 Å². The van der Waals surface area contributed by atoms with Gasteiger partial charge in [-0.1, -0.05) is 220 Å². The zero-order chi connectivity index (χ0) is 53.7. The van der Waals surface area contributed by atoms with Crippen LogP contribution in [-0.4, -0.2) is 34.0 Å². The van der Waals surface area contributed by atoms with Crippen LogP contribution in [0.1, 0.15) is 169 Å². The number of benzene rings is 6. The van der Waals surface area contributed by atoms with Gasteiger partial charge in [0, 0.05) is 10.8 Å². The van der Waals surface area contributed by atoms with Crippen LogP contribution in [0.3, 0.4) is 0 Å². The van der Waals surface area contributed by atoms with E-state index in [1.54, 1.807) is 0 Å². The summed E-state index contributed by atoms with van der Waals surface area (Å²) >= 11 is 0. The number of rotatable bonds is 22. The molecule has 0 aliphatic heterocycles. The molecule has 73 heavy (non-hydrogen) atoms. The highest BCUT2D eigenvalue weighted by Crippen LogP contribution is 2.42. The van der Waals surface area contributed by atoms with Crippen LogP contribution in [0.15, 0.2) is 146 Å². The Hall–Kier alpha value is -6.43. The van der Waals surface area contributed by atoms with Crippen molar-refractivity contribution in [3.8, 4) is 22.3 Å². The molecule has 0 unspecified atom stereocenters. The van der Waals surface area contributed by atoms with Crippen molar-refractivity contribution in [2.24, 2.45) is 0 Å². The van der Waals surface area contributed by atoms with Crippen molar-refractivity contribution in [3.63, 3.8) is 0 Å². The molecule has 0 aliphatic rings. The van der Waals surface area contributed by atoms with Crippen molar-refractivity contribution in [2.45, 2.75) is 163 Å². The van der Waals surface area contributed by atoms with Gasteiger partial charge in [-0.15, -0.1) is 0 Å². The van der Waals surface area contributed by atoms with Gasteiger partial charge in [0.2, 0.25) is 0 Å². The van der Waals surface area contributed by atoms with Gasteiger partial charge in [-0.2, -0.15) is 9.59 Å². The topological polar surface area (TPSA) is 101 Å². The zero-order valence-electron chi connectivity index (χ0n) is 45.7. The van der Waals surface area contributed by atoms with Crippen LogP contribution in [-0.2, 0) is 43.0 Å². The fraction of sp³-hybridized carbons (Fsp3) is 0.373. The average Bonchev–Trinajstić information content (AvgIpc) is 3.43. The van der Waals surface area contributed by atoms with Gasteiger partial charge in [0.15, 0.2) is 0 Å². The molecule has 0 aromatic heterocycles. The van der Waals surface area contributed by atoms with Gasteiger partial charge in [0.1, 0.15) is 6.61 Å². The molecular formula is C67H82O6. The van der Waals surface area contributed by atoms with Crippen LogP contribution in [0.5, 0.6) is 0 Å². The van der Waals surface area contributed by atoms with E-state index in [4.69, 9.17) is 14.3 Å². The lowest BCUT2D eigenvalue weighted by atomic mass is 9.70. The summed E-state index contributed by atoms with van der Waals surface area (Å²) in [7, 11) is 0. The largest absolute Gasteiger partial charge is 0.463 e. The van der Waals surface area contributed by atoms with E-state index in [-0.39, 0.29) is 17.0 Å². The third-order valence-corrected chi connectivity index (χ3v) is 15.8. The lowest BCUT2D eigenvalue weighted by molar-refractivity contribution is -0.191. The van der Waals surface area contributed by atoms with Crippen LogP contribution in [0.4, 0.5) is 0 Å². The Morgan fingerprint density at radius 3 is 1.01 bits per heavy atom. The molecular weight excluding hydrogens is 901 g/mol. The van der Waals surface area contributed by atoms with Crippen molar-refractivity contribution in [1.82, 2.24) is 0 Å². The molecule has 2 N–H and O–H groups in total. The van der Waals surface area contributed by atoms with E-state index in [0.29, 0.717) is 25.9 Å². The third-order valence-electron chi connectivity index (χ3n) is 15.8. The van der Waals surface area contributed by atoms with Gasteiger partial charge in [-0.05, 0) is 150 Å². The highest BCUT2D eigenvalue weighted by Gasteiger charge is 2.32. The lowest BCUT2D eigenvalue weighted by Gasteiger charge is -2.34. The minimum Gasteiger partial charge on any atom is -0.463 e. The molecule has 0 saturated carbocycles. The van der Waals surface area contributed by atoms with Crippen LogP contribution >= 0.6 is 0 Å². The number of carbonyl (C=O) groups excluding carboxylic acids is 3. The number of aliphatic hydroxyl groups is 2. The lowest BCUT2D eigenvalue weighted by Crippen LogP contribution is -2.26. The number of hydrogen-bond acceptors (Lipinski definition) is 6. The number of ether oxygens (including phenoxy) is 1. The Balaban J connectivity index is 0.000000301. The zero-order valence-corrected chi connectivity index (χ0v) is 45.7. The number of hydrogen-bond donors (Lipinski definition) is 2. The van der Waals surface area contributed by atoms with Gasteiger partial charge < -0.3 is 14.9 Å². The van der Waals surface area contributed by atoms with Gasteiger partial charge >= 0.3 is 6.15 Å². The molecule has 0 radical (unpaired) electrons. The quantitative estimate of drug-likeness (QED) is 0.0657. The first kappa shape index (κ1) is 59.1. The maximum atomic E-state index is 10.6. The van der Waals surface area contributed by atoms with E-state index < -0.39 is 11.2 Å². The van der Waals surface area contributed by atoms with Crippen LogP contribution in [0, 0.1) is 13.8 Å². The fourth-order valence-electron chi connectivity index (χ4n) is 10.1. The van der Waals surface area contributed by atoms with Crippen LogP contribution < -0.4 is 0 Å². The van der Waals surface area contributed by atoms with Gasteiger partial charge in [0.05, 0.1) is 11.2 Å². The van der Waals surface area contributed by atoms with Crippen molar-refractivity contribution >= 4 is 24.8 Å². The monoisotopic (exact) mass is 983 g/mol. The molecule has 6 aromatic rings. The molecule has 0 aliphatic carbocycles. The Morgan fingerprint density at radius 1 is 0.438 bits per heavy atom. The first-order valence-electron chi connectivity index (χ1n) is 26.6. The van der Waals surface area contributed by atoms with Gasteiger partial charge in [-0.25, -0.2) is 0 Å². The summed E-state index contributed by atoms with van der Waals surface area (Å²) in [6.45, 7) is 24.5. The predicted octanol–water partition coefficient (Wildman–Crippen LogP) is 16.3. The van der Waals surface area contributed by atoms with E-state index in [1.807, 2.05) is 52.0 Å². The summed E-state index contributed by atoms with van der Waals surface area (Å²) in [5.74, 6) is 0. The van der Waals surface area contributed by atoms with Crippen molar-refractivity contribution in [1.29, 1.82) is 0 Å². The molecule has 6 nitrogen and oxygen atoms in total. The Morgan fingerprint density at radius 2 is 0.740 bits per heavy atom. The smallest absolute Gasteiger partial charge is 0.373 e. The highest BCUT2D eigenvalue weighted by molar-refractivity contribution is 5.66. The van der Waals surface area contributed by atoms with Crippen molar-refractivity contribution < 1.29 is 29.3 Å². The number of carbonyl (C=O) groups is 1. The Bertz CT molecular complexity index is 2700. The number of aryl methyl sites for hydroxylation is 3. The molecule has 0 heterocycles. The summed E-state index contributed by atoms with van der Waals surface area (Å²) in [5.41, 5.74) is 15.9. The Kier molecular flexibility index (Phi) is 22.8. The highest BCUT2D eigenvalue weighted by atomic mass is 16.5. The summed E-state index contributed by atoms with van der Waals surface area (Å²) in [5, 5.41) is 21.3. The molecule has 6 rings (SSSR count). The first-order chi connectivity index (χ1) is 35.1. The average molecular weight is 983 g/mol. The van der Waals surface area contributed by atoms with Gasteiger partial charge in [0.25, 0.3) is 6.47 Å².